The van der Waals surface area contributed by atoms with Crippen LogP contribution < -0.4 is 19.5 Å². The van der Waals surface area contributed by atoms with Gasteiger partial charge in [0.25, 0.3) is 5.91 Å². The van der Waals surface area contributed by atoms with Crippen molar-refractivity contribution in [1.29, 1.82) is 0 Å². The Kier molecular flexibility index (Phi) is 9.19. The molecule has 0 bridgehead atoms. The molecule has 192 valence electrons. The second-order valence-corrected chi connectivity index (χ2v) is 9.12. The van der Waals surface area contributed by atoms with Gasteiger partial charge in [-0.05, 0) is 29.7 Å². The Morgan fingerprint density at radius 3 is 2.25 bits per heavy atom. The minimum atomic E-state index is -0.459. The Morgan fingerprint density at radius 2 is 1.67 bits per heavy atom. The van der Waals surface area contributed by atoms with Gasteiger partial charge in [-0.15, -0.1) is 23.7 Å². The van der Waals surface area contributed by atoms with E-state index in [0.29, 0.717) is 46.3 Å². The number of ether oxygens (including phenoxy) is 4. The molecule has 36 heavy (non-hydrogen) atoms. The molecule has 10 heteroatoms. The number of fused-ring (bicyclic) bond motifs is 1. The molecule has 8 nitrogen and oxygen atoms in total. The van der Waals surface area contributed by atoms with Crippen LogP contribution in [0.2, 0.25) is 0 Å². The van der Waals surface area contributed by atoms with Crippen LogP contribution in [0.3, 0.4) is 0 Å². The Bertz CT molecular complexity index is 1210. The van der Waals surface area contributed by atoms with Gasteiger partial charge in [0.05, 0.1) is 34.0 Å². The summed E-state index contributed by atoms with van der Waals surface area (Å²) >= 11 is 1.41. The summed E-state index contributed by atoms with van der Waals surface area (Å²) in [7, 11) is 5.83. The number of thiophene rings is 1. The van der Waals surface area contributed by atoms with E-state index in [1.54, 1.807) is 12.1 Å². The van der Waals surface area contributed by atoms with E-state index in [0.717, 1.165) is 23.5 Å². The van der Waals surface area contributed by atoms with Gasteiger partial charge in [0.2, 0.25) is 5.75 Å². The molecule has 0 unspecified atom stereocenters. The number of methoxy groups -OCH3 is 4. The fourth-order valence-electron chi connectivity index (χ4n) is 4.23. The molecule has 2 heterocycles. The molecule has 1 aliphatic heterocycles. The van der Waals surface area contributed by atoms with E-state index in [1.165, 1.54) is 45.3 Å². The van der Waals surface area contributed by atoms with Crippen molar-refractivity contribution in [2.24, 2.45) is 0 Å². The lowest BCUT2D eigenvalue weighted by Crippen LogP contribution is -2.29. The fourth-order valence-corrected chi connectivity index (χ4v) is 5.50. The SMILES string of the molecule is COC(=O)c1c(NC(=O)c2cc(OC)c(OC)c(OC)c2)sc2c1CCN(Cc1ccccc1)C2.Cl. The lowest BCUT2D eigenvalue weighted by molar-refractivity contribution is 0.0600. The van der Waals surface area contributed by atoms with Crippen LogP contribution in [0, 0.1) is 0 Å². The average Bonchev–Trinajstić information content (AvgIpc) is 3.24. The maximum Gasteiger partial charge on any atom is 0.341 e. The summed E-state index contributed by atoms with van der Waals surface area (Å²) in [5, 5.41) is 3.39. The van der Waals surface area contributed by atoms with Crippen LogP contribution in [0.5, 0.6) is 17.2 Å². The third-order valence-electron chi connectivity index (χ3n) is 5.93. The highest BCUT2D eigenvalue weighted by Gasteiger charge is 2.30. The number of anilines is 1. The summed E-state index contributed by atoms with van der Waals surface area (Å²) in [5.41, 5.74) is 2.91. The van der Waals surface area contributed by atoms with Crippen molar-refractivity contribution in [3.8, 4) is 17.2 Å². The zero-order valence-electron chi connectivity index (χ0n) is 20.6. The van der Waals surface area contributed by atoms with Gasteiger partial charge >= 0.3 is 5.97 Å². The van der Waals surface area contributed by atoms with Gasteiger partial charge in [-0.2, -0.15) is 0 Å². The van der Waals surface area contributed by atoms with E-state index in [9.17, 15) is 9.59 Å². The van der Waals surface area contributed by atoms with Crippen LogP contribution in [0.1, 0.15) is 36.7 Å². The standard InChI is InChI=1S/C26H28N2O6S.ClH/c1-31-19-12-17(13-20(32-2)23(19)33-3)24(29)27-25-22(26(30)34-4)18-10-11-28(15-21(18)35-25)14-16-8-6-5-7-9-16;/h5-9,12-13H,10-11,14-15H2,1-4H3,(H,27,29);1H. The largest absolute Gasteiger partial charge is 0.493 e. The highest BCUT2D eigenvalue weighted by Crippen LogP contribution is 2.40. The van der Waals surface area contributed by atoms with E-state index in [-0.39, 0.29) is 12.4 Å². The first-order valence-electron chi connectivity index (χ1n) is 11.1. The maximum atomic E-state index is 13.2. The van der Waals surface area contributed by atoms with Crippen molar-refractivity contribution in [3.63, 3.8) is 0 Å². The molecule has 0 radical (unpaired) electrons. The predicted molar refractivity (Wildman–Crippen MR) is 141 cm³/mol. The Labute approximate surface area is 220 Å². The highest BCUT2D eigenvalue weighted by molar-refractivity contribution is 7.17. The van der Waals surface area contributed by atoms with Gasteiger partial charge in [0.15, 0.2) is 11.5 Å². The minimum Gasteiger partial charge on any atom is -0.493 e. The number of halogens is 1. The molecule has 3 aromatic rings. The Morgan fingerprint density at radius 1 is 1.00 bits per heavy atom. The van der Waals surface area contributed by atoms with E-state index in [2.05, 4.69) is 22.3 Å². The zero-order chi connectivity index (χ0) is 24.9. The molecular weight excluding hydrogens is 504 g/mol. The molecule has 1 aromatic heterocycles. The second-order valence-electron chi connectivity index (χ2n) is 8.01. The first-order chi connectivity index (χ1) is 17.0. The Hall–Kier alpha value is -3.27. The number of benzene rings is 2. The minimum absolute atomic E-state index is 0. The average molecular weight is 533 g/mol. The van der Waals surface area contributed by atoms with Crippen LogP contribution in [0.15, 0.2) is 42.5 Å². The van der Waals surface area contributed by atoms with Crippen LogP contribution in [-0.2, 0) is 24.2 Å². The van der Waals surface area contributed by atoms with Gasteiger partial charge in [0.1, 0.15) is 5.00 Å². The number of hydrogen-bond acceptors (Lipinski definition) is 8. The molecule has 0 fully saturated rings. The van der Waals surface area contributed by atoms with Crippen molar-refractivity contribution in [3.05, 3.63) is 69.6 Å². The number of amides is 1. The van der Waals surface area contributed by atoms with Gasteiger partial charge < -0.3 is 24.3 Å². The molecule has 0 saturated heterocycles. The summed E-state index contributed by atoms with van der Waals surface area (Å²) in [6.45, 7) is 2.32. The molecule has 1 aliphatic rings. The quantitative estimate of drug-likeness (QED) is 0.417. The molecule has 4 rings (SSSR count). The topological polar surface area (TPSA) is 86.3 Å². The smallest absolute Gasteiger partial charge is 0.341 e. The van der Waals surface area contributed by atoms with E-state index < -0.39 is 11.9 Å². The monoisotopic (exact) mass is 532 g/mol. The van der Waals surface area contributed by atoms with E-state index in [1.807, 2.05) is 18.2 Å². The molecule has 0 atom stereocenters. The van der Waals surface area contributed by atoms with Gasteiger partial charge in [0, 0.05) is 30.1 Å². The predicted octanol–water partition coefficient (Wildman–Crippen LogP) is 4.79. The van der Waals surface area contributed by atoms with E-state index >= 15 is 0 Å². The second kappa shape index (κ2) is 12.1. The van der Waals surface area contributed by atoms with Crippen LogP contribution in [0.25, 0.3) is 0 Å². The summed E-state index contributed by atoms with van der Waals surface area (Å²) in [5.74, 6) is 0.277. The molecule has 1 amide bonds. The van der Waals surface area contributed by atoms with Crippen LogP contribution in [0.4, 0.5) is 5.00 Å². The zero-order valence-corrected chi connectivity index (χ0v) is 22.2. The normalized spacial score (nSPS) is 12.7. The Balaban J connectivity index is 0.00000361. The molecule has 2 aromatic carbocycles. The molecule has 0 saturated carbocycles. The number of esters is 1. The number of carbonyl (C=O) groups excluding carboxylic acids is 2. The number of nitrogens with one attached hydrogen (secondary N) is 1. The summed E-state index contributed by atoms with van der Waals surface area (Å²) < 4.78 is 21.1. The third kappa shape index (κ3) is 5.59. The summed E-state index contributed by atoms with van der Waals surface area (Å²) in [6, 6.07) is 13.4. The van der Waals surface area contributed by atoms with E-state index in [4.69, 9.17) is 18.9 Å². The van der Waals surface area contributed by atoms with Crippen molar-refractivity contribution >= 4 is 40.6 Å². The molecule has 0 spiro atoms. The van der Waals surface area contributed by atoms with Crippen molar-refractivity contribution < 1.29 is 28.5 Å². The third-order valence-corrected chi connectivity index (χ3v) is 7.06. The van der Waals surface area contributed by atoms with Crippen molar-refractivity contribution in [1.82, 2.24) is 4.90 Å². The molecular formula is C26H29ClN2O6S. The number of carbonyl (C=O) groups is 2. The highest BCUT2D eigenvalue weighted by atomic mass is 35.5. The van der Waals surface area contributed by atoms with Gasteiger partial charge in [-0.1, -0.05) is 30.3 Å². The molecule has 0 aliphatic carbocycles. The summed E-state index contributed by atoms with van der Waals surface area (Å²) in [4.78, 5) is 29.3. The first kappa shape index (κ1) is 27.3. The van der Waals surface area contributed by atoms with Gasteiger partial charge in [-0.25, -0.2) is 4.79 Å². The number of nitrogens with zero attached hydrogens (tertiary/aromatic N) is 1. The van der Waals surface area contributed by atoms with Gasteiger partial charge in [-0.3, -0.25) is 9.69 Å². The van der Waals surface area contributed by atoms with Crippen molar-refractivity contribution in [2.45, 2.75) is 19.5 Å². The molecule has 1 N–H and O–H groups in total. The number of rotatable bonds is 8. The first-order valence-corrected chi connectivity index (χ1v) is 11.9. The van der Waals surface area contributed by atoms with Crippen molar-refractivity contribution in [2.75, 3.05) is 40.3 Å². The lowest BCUT2D eigenvalue weighted by atomic mass is 10.0. The lowest BCUT2D eigenvalue weighted by Gasteiger charge is -2.27. The fraction of sp³-hybridized carbons (Fsp3) is 0.308. The van der Waals surface area contributed by atoms with Crippen LogP contribution >= 0.6 is 23.7 Å². The maximum absolute atomic E-state index is 13.2. The van der Waals surface area contributed by atoms with Crippen LogP contribution in [-0.4, -0.2) is 51.8 Å². The summed E-state index contributed by atoms with van der Waals surface area (Å²) in [6.07, 6.45) is 0.698. The number of hydrogen-bond donors (Lipinski definition) is 1.